The summed E-state index contributed by atoms with van der Waals surface area (Å²) in [6.45, 7) is 1.93. The third kappa shape index (κ3) is 1.16. The van der Waals surface area contributed by atoms with Gasteiger partial charge in [0.15, 0.2) is 0 Å². The molecule has 7 heavy (non-hydrogen) atoms. The van der Waals surface area contributed by atoms with Crippen molar-refractivity contribution < 1.29 is 4.74 Å². The van der Waals surface area contributed by atoms with Gasteiger partial charge in [0.25, 0.3) is 0 Å². The highest BCUT2D eigenvalue weighted by Crippen LogP contribution is 2.28. The predicted octanol–water partition coefficient (Wildman–Crippen LogP) is 1.59. The van der Waals surface area contributed by atoms with Crippen molar-refractivity contribution in [3.63, 3.8) is 0 Å². The molecule has 0 aromatic heterocycles. The average molecular weight is 99.2 g/mol. The standard InChI is InChI=1S/C6H11O/c1-7-5-6-3-2-4-6/h5-6H,2-4H2,1H3. The molecule has 0 aliphatic heterocycles. The van der Waals surface area contributed by atoms with E-state index in [0.29, 0.717) is 0 Å². The lowest BCUT2D eigenvalue weighted by Crippen LogP contribution is -2.11. The lowest BCUT2D eigenvalue weighted by molar-refractivity contribution is 0.180. The Hall–Kier alpha value is -0.0400. The van der Waals surface area contributed by atoms with Crippen molar-refractivity contribution in [3.8, 4) is 0 Å². The van der Waals surface area contributed by atoms with E-state index in [1.807, 2.05) is 6.61 Å². The fourth-order valence-corrected chi connectivity index (χ4v) is 0.768. The minimum Gasteiger partial charge on any atom is -0.378 e. The molecule has 0 bridgehead atoms. The van der Waals surface area contributed by atoms with E-state index in [-0.39, 0.29) is 0 Å². The second kappa shape index (κ2) is 2.31. The summed E-state index contributed by atoms with van der Waals surface area (Å²) in [5.41, 5.74) is 0. The topological polar surface area (TPSA) is 9.23 Å². The van der Waals surface area contributed by atoms with Gasteiger partial charge in [0, 0.05) is 7.11 Å². The molecule has 0 amide bonds. The summed E-state index contributed by atoms with van der Waals surface area (Å²) in [4.78, 5) is 0. The van der Waals surface area contributed by atoms with Crippen molar-refractivity contribution in [2.45, 2.75) is 19.3 Å². The van der Waals surface area contributed by atoms with Gasteiger partial charge in [0.05, 0.1) is 6.61 Å². The Kier molecular flexibility index (Phi) is 1.69. The fourth-order valence-electron chi connectivity index (χ4n) is 0.768. The Labute approximate surface area is 44.7 Å². The summed E-state index contributed by atoms with van der Waals surface area (Å²) in [6, 6.07) is 0. The van der Waals surface area contributed by atoms with Crippen molar-refractivity contribution in [3.05, 3.63) is 6.61 Å². The lowest BCUT2D eigenvalue weighted by atomic mass is 9.86. The minimum absolute atomic E-state index is 0.782. The monoisotopic (exact) mass is 99.1 g/mol. The largest absolute Gasteiger partial charge is 0.378 e. The Morgan fingerprint density at radius 2 is 2.29 bits per heavy atom. The highest BCUT2D eigenvalue weighted by molar-refractivity contribution is 4.75. The van der Waals surface area contributed by atoms with E-state index in [9.17, 15) is 0 Å². The first-order chi connectivity index (χ1) is 3.43. The molecular weight excluding hydrogens is 88.1 g/mol. The minimum atomic E-state index is 0.782. The van der Waals surface area contributed by atoms with Crippen LogP contribution in [0.3, 0.4) is 0 Å². The molecule has 0 spiro atoms. The predicted molar refractivity (Wildman–Crippen MR) is 28.6 cm³/mol. The van der Waals surface area contributed by atoms with Crippen LogP contribution in [-0.4, -0.2) is 7.11 Å². The number of methoxy groups -OCH3 is 1. The molecule has 1 aliphatic carbocycles. The zero-order valence-electron chi connectivity index (χ0n) is 4.68. The lowest BCUT2D eigenvalue weighted by Gasteiger charge is -2.23. The van der Waals surface area contributed by atoms with Gasteiger partial charge < -0.3 is 4.74 Å². The maximum absolute atomic E-state index is 4.82. The normalized spacial score (nSPS) is 21.9. The van der Waals surface area contributed by atoms with Crippen LogP contribution in [0.15, 0.2) is 0 Å². The van der Waals surface area contributed by atoms with Crippen molar-refractivity contribution >= 4 is 0 Å². The molecule has 1 rings (SSSR count). The van der Waals surface area contributed by atoms with E-state index in [0.717, 1.165) is 5.92 Å². The van der Waals surface area contributed by atoms with E-state index in [1.165, 1.54) is 19.3 Å². The second-order valence-corrected chi connectivity index (χ2v) is 2.06. The smallest absolute Gasteiger partial charge is 0.0863 e. The molecule has 0 atom stereocenters. The van der Waals surface area contributed by atoms with E-state index in [2.05, 4.69) is 0 Å². The Morgan fingerprint density at radius 1 is 1.57 bits per heavy atom. The molecule has 0 saturated heterocycles. The van der Waals surface area contributed by atoms with Gasteiger partial charge in [-0.25, -0.2) is 0 Å². The van der Waals surface area contributed by atoms with Crippen LogP contribution in [0.4, 0.5) is 0 Å². The summed E-state index contributed by atoms with van der Waals surface area (Å²) < 4.78 is 4.82. The summed E-state index contributed by atoms with van der Waals surface area (Å²) in [7, 11) is 1.72. The van der Waals surface area contributed by atoms with Gasteiger partial charge in [-0.1, -0.05) is 6.42 Å². The van der Waals surface area contributed by atoms with Crippen molar-refractivity contribution in [2.75, 3.05) is 7.11 Å². The van der Waals surface area contributed by atoms with Crippen LogP contribution >= 0.6 is 0 Å². The number of rotatable bonds is 2. The molecule has 1 nitrogen and oxygen atoms in total. The van der Waals surface area contributed by atoms with E-state index in [4.69, 9.17) is 4.74 Å². The zero-order chi connectivity index (χ0) is 5.11. The van der Waals surface area contributed by atoms with Crippen molar-refractivity contribution in [1.29, 1.82) is 0 Å². The van der Waals surface area contributed by atoms with E-state index < -0.39 is 0 Å². The van der Waals surface area contributed by atoms with E-state index >= 15 is 0 Å². The highest BCUT2D eigenvalue weighted by Gasteiger charge is 2.16. The molecule has 0 unspecified atom stereocenters. The first kappa shape index (κ1) is 5.10. The van der Waals surface area contributed by atoms with Crippen LogP contribution in [-0.2, 0) is 4.74 Å². The van der Waals surface area contributed by atoms with Gasteiger partial charge in [0.1, 0.15) is 0 Å². The molecule has 0 heterocycles. The number of hydrogen-bond acceptors (Lipinski definition) is 1. The molecule has 0 N–H and O–H groups in total. The van der Waals surface area contributed by atoms with E-state index in [1.54, 1.807) is 7.11 Å². The van der Waals surface area contributed by atoms with Crippen LogP contribution in [0.5, 0.6) is 0 Å². The molecule has 41 valence electrons. The molecular formula is C6H11O. The SMILES string of the molecule is CO[CH]C1CCC1. The molecule has 0 aromatic carbocycles. The van der Waals surface area contributed by atoms with Gasteiger partial charge in [-0.3, -0.25) is 0 Å². The van der Waals surface area contributed by atoms with Crippen LogP contribution in [0.1, 0.15) is 19.3 Å². The Balaban J connectivity index is 1.93. The van der Waals surface area contributed by atoms with Gasteiger partial charge in [-0.2, -0.15) is 0 Å². The molecule has 1 aliphatic rings. The Morgan fingerprint density at radius 3 is 2.43 bits per heavy atom. The van der Waals surface area contributed by atoms with Gasteiger partial charge >= 0.3 is 0 Å². The van der Waals surface area contributed by atoms with Crippen LogP contribution in [0.25, 0.3) is 0 Å². The summed E-state index contributed by atoms with van der Waals surface area (Å²) in [5, 5.41) is 0. The summed E-state index contributed by atoms with van der Waals surface area (Å²) in [5.74, 6) is 0.782. The van der Waals surface area contributed by atoms with Crippen LogP contribution in [0, 0.1) is 12.5 Å². The van der Waals surface area contributed by atoms with Crippen molar-refractivity contribution in [1.82, 2.24) is 0 Å². The van der Waals surface area contributed by atoms with Crippen LogP contribution < -0.4 is 0 Å². The third-order valence-electron chi connectivity index (χ3n) is 1.48. The zero-order valence-corrected chi connectivity index (χ0v) is 4.68. The second-order valence-electron chi connectivity index (χ2n) is 2.06. The third-order valence-corrected chi connectivity index (χ3v) is 1.48. The highest BCUT2D eigenvalue weighted by atomic mass is 16.5. The van der Waals surface area contributed by atoms with Crippen molar-refractivity contribution in [2.24, 2.45) is 5.92 Å². The van der Waals surface area contributed by atoms with Crippen LogP contribution in [0.2, 0.25) is 0 Å². The maximum atomic E-state index is 4.82. The first-order valence-corrected chi connectivity index (χ1v) is 2.79. The molecule has 1 fully saturated rings. The maximum Gasteiger partial charge on any atom is 0.0863 e. The quantitative estimate of drug-likeness (QED) is 0.511. The Bertz CT molecular complexity index is 48.1. The number of hydrogen-bond donors (Lipinski definition) is 0. The summed E-state index contributed by atoms with van der Waals surface area (Å²) >= 11 is 0. The fraction of sp³-hybridized carbons (Fsp3) is 0.833. The van der Waals surface area contributed by atoms with Gasteiger partial charge in [-0.15, -0.1) is 0 Å². The molecule has 1 saturated carbocycles. The van der Waals surface area contributed by atoms with Gasteiger partial charge in [-0.05, 0) is 18.8 Å². The molecule has 1 radical (unpaired) electrons. The first-order valence-electron chi connectivity index (χ1n) is 2.79. The summed E-state index contributed by atoms with van der Waals surface area (Å²) in [6.07, 6.45) is 4.08. The number of ether oxygens (including phenoxy) is 1. The van der Waals surface area contributed by atoms with Gasteiger partial charge in [0.2, 0.25) is 0 Å². The molecule has 0 aromatic rings. The molecule has 1 heteroatoms. The average Bonchev–Trinajstić information content (AvgIpc) is 1.55.